The summed E-state index contributed by atoms with van der Waals surface area (Å²) in [5.74, 6) is -0.125. The van der Waals surface area contributed by atoms with Gasteiger partial charge in [-0.15, -0.1) is 0 Å². The number of carbonyl (C=O) groups is 1. The number of benzene rings is 1. The molecular weight excluding hydrogens is 380 g/mol. The predicted molar refractivity (Wildman–Crippen MR) is 83.3 cm³/mol. The molecule has 0 aliphatic rings. The molecule has 1 aromatic heterocycles. The normalized spacial score (nSPS) is 10.4. The summed E-state index contributed by atoms with van der Waals surface area (Å²) in [4.78, 5) is 12.1. The average Bonchev–Trinajstić information content (AvgIpc) is 2.69. The Bertz CT molecular complexity index is 587. The van der Waals surface area contributed by atoms with Gasteiger partial charge in [0.25, 0.3) is 5.91 Å². The van der Waals surface area contributed by atoms with Gasteiger partial charge in [0.15, 0.2) is 0 Å². The monoisotopic (exact) mass is 388 g/mol. The van der Waals surface area contributed by atoms with Crippen LogP contribution in [0.5, 0.6) is 0 Å². The maximum absolute atomic E-state index is 12.1. The number of halogens is 2. The first-order valence-electron chi connectivity index (χ1n) is 5.07. The van der Waals surface area contributed by atoms with Gasteiger partial charge in [-0.25, -0.2) is 0 Å². The third kappa shape index (κ3) is 2.76. The van der Waals surface area contributed by atoms with Crippen molar-refractivity contribution in [1.82, 2.24) is 0 Å². The van der Waals surface area contributed by atoms with Crippen LogP contribution in [-0.4, -0.2) is 5.91 Å². The molecule has 2 aromatic rings. The molecule has 0 saturated carbocycles. The zero-order valence-corrected chi connectivity index (χ0v) is 13.4. The Kier molecular flexibility index (Phi) is 4.09. The minimum absolute atomic E-state index is 0.125. The van der Waals surface area contributed by atoms with E-state index in [1.54, 1.807) is 12.1 Å². The van der Waals surface area contributed by atoms with Crippen molar-refractivity contribution >= 4 is 60.5 Å². The molecule has 94 valence electrons. The van der Waals surface area contributed by atoms with Gasteiger partial charge in [0.1, 0.15) is 0 Å². The summed E-state index contributed by atoms with van der Waals surface area (Å²) >= 11 is 8.28. The number of carbonyl (C=O) groups excluding carboxylic acids is 1. The van der Waals surface area contributed by atoms with E-state index in [1.165, 1.54) is 11.3 Å². The van der Waals surface area contributed by atoms with E-state index in [2.05, 4.69) is 37.2 Å². The summed E-state index contributed by atoms with van der Waals surface area (Å²) in [6.07, 6.45) is 0. The highest BCUT2D eigenvalue weighted by Crippen LogP contribution is 2.34. The highest BCUT2D eigenvalue weighted by atomic mass is 79.9. The number of thiophene rings is 1. The van der Waals surface area contributed by atoms with Crippen molar-refractivity contribution in [1.29, 1.82) is 0 Å². The molecule has 18 heavy (non-hydrogen) atoms. The molecule has 1 aromatic carbocycles. The lowest BCUT2D eigenvalue weighted by atomic mass is 10.2. The summed E-state index contributed by atoms with van der Waals surface area (Å²) in [5.41, 5.74) is 8.67. The van der Waals surface area contributed by atoms with Gasteiger partial charge in [0, 0.05) is 20.0 Å². The Morgan fingerprint density at radius 3 is 2.39 bits per heavy atom. The van der Waals surface area contributed by atoms with E-state index in [0.717, 1.165) is 14.5 Å². The van der Waals surface area contributed by atoms with Crippen LogP contribution in [-0.2, 0) is 0 Å². The molecule has 0 aliphatic carbocycles. The molecule has 1 heterocycles. The van der Waals surface area contributed by atoms with E-state index in [0.29, 0.717) is 16.9 Å². The summed E-state index contributed by atoms with van der Waals surface area (Å²) in [6.45, 7) is 1.92. The standard InChI is InChI=1S/C12H10Br2N2OS/c1-6-4-18-5-8(6)12(17)16-11-9(13)2-7(15)3-10(11)14/h2-5H,15H2,1H3,(H,16,17). The Labute approximate surface area is 126 Å². The topological polar surface area (TPSA) is 55.1 Å². The summed E-state index contributed by atoms with van der Waals surface area (Å²) in [5, 5.41) is 6.65. The summed E-state index contributed by atoms with van der Waals surface area (Å²) in [7, 11) is 0. The SMILES string of the molecule is Cc1cscc1C(=O)Nc1c(Br)cc(N)cc1Br. The number of amides is 1. The first-order chi connectivity index (χ1) is 8.49. The zero-order valence-electron chi connectivity index (χ0n) is 9.46. The van der Waals surface area contributed by atoms with Crippen molar-refractivity contribution < 1.29 is 4.79 Å². The van der Waals surface area contributed by atoms with Crippen LogP contribution < -0.4 is 11.1 Å². The average molecular weight is 390 g/mol. The van der Waals surface area contributed by atoms with Crippen molar-refractivity contribution in [2.45, 2.75) is 6.92 Å². The molecule has 2 rings (SSSR count). The third-order valence-electron chi connectivity index (χ3n) is 2.40. The lowest BCUT2D eigenvalue weighted by molar-refractivity contribution is 0.102. The number of nitrogen functional groups attached to an aromatic ring is 1. The Morgan fingerprint density at radius 2 is 1.89 bits per heavy atom. The molecule has 6 heteroatoms. The van der Waals surface area contributed by atoms with Crippen LogP contribution in [0.15, 0.2) is 31.8 Å². The molecule has 0 saturated heterocycles. The molecule has 1 amide bonds. The van der Waals surface area contributed by atoms with Crippen LogP contribution in [0.25, 0.3) is 0 Å². The largest absolute Gasteiger partial charge is 0.399 e. The van der Waals surface area contributed by atoms with Gasteiger partial charge in [-0.05, 0) is 61.9 Å². The number of nitrogens with one attached hydrogen (secondary N) is 1. The van der Waals surface area contributed by atoms with Crippen molar-refractivity contribution in [3.05, 3.63) is 43.0 Å². The smallest absolute Gasteiger partial charge is 0.256 e. The van der Waals surface area contributed by atoms with Crippen molar-refractivity contribution in [2.24, 2.45) is 0 Å². The first-order valence-corrected chi connectivity index (χ1v) is 7.60. The van der Waals surface area contributed by atoms with Crippen LogP contribution in [0, 0.1) is 6.92 Å². The number of aryl methyl sites for hydroxylation is 1. The highest BCUT2D eigenvalue weighted by molar-refractivity contribution is 9.11. The predicted octanol–water partition coefficient (Wildman–Crippen LogP) is 4.42. The second kappa shape index (κ2) is 5.42. The Morgan fingerprint density at radius 1 is 1.28 bits per heavy atom. The van der Waals surface area contributed by atoms with E-state index >= 15 is 0 Å². The lowest BCUT2D eigenvalue weighted by Crippen LogP contribution is -2.13. The summed E-state index contributed by atoms with van der Waals surface area (Å²) in [6, 6.07) is 3.50. The Hall–Kier alpha value is -0.850. The van der Waals surface area contributed by atoms with Crippen LogP contribution in [0.3, 0.4) is 0 Å². The van der Waals surface area contributed by atoms with Gasteiger partial charge >= 0.3 is 0 Å². The molecule has 3 N–H and O–H groups in total. The summed E-state index contributed by atoms with van der Waals surface area (Å²) < 4.78 is 1.49. The maximum Gasteiger partial charge on any atom is 0.256 e. The fourth-order valence-corrected chi connectivity index (χ4v) is 3.73. The van der Waals surface area contributed by atoms with E-state index < -0.39 is 0 Å². The molecule has 0 atom stereocenters. The first kappa shape index (κ1) is 13.6. The van der Waals surface area contributed by atoms with Crippen LogP contribution in [0.2, 0.25) is 0 Å². The number of hydrogen-bond donors (Lipinski definition) is 2. The maximum atomic E-state index is 12.1. The van der Waals surface area contributed by atoms with Gasteiger partial charge in [-0.3, -0.25) is 4.79 Å². The van der Waals surface area contributed by atoms with Gasteiger partial charge in [0.05, 0.1) is 11.3 Å². The number of nitrogens with two attached hydrogens (primary N) is 1. The van der Waals surface area contributed by atoms with E-state index in [1.807, 2.05) is 17.7 Å². The van der Waals surface area contributed by atoms with Gasteiger partial charge in [-0.1, -0.05) is 0 Å². The van der Waals surface area contributed by atoms with Gasteiger partial charge < -0.3 is 11.1 Å². The number of rotatable bonds is 2. The molecule has 0 spiro atoms. The van der Waals surface area contributed by atoms with E-state index in [9.17, 15) is 4.79 Å². The highest BCUT2D eigenvalue weighted by Gasteiger charge is 2.14. The van der Waals surface area contributed by atoms with E-state index in [4.69, 9.17) is 5.73 Å². The van der Waals surface area contributed by atoms with Crippen molar-refractivity contribution in [2.75, 3.05) is 11.1 Å². The minimum Gasteiger partial charge on any atom is -0.399 e. The van der Waals surface area contributed by atoms with Gasteiger partial charge in [0.2, 0.25) is 0 Å². The van der Waals surface area contributed by atoms with Crippen molar-refractivity contribution in [3.8, 4) is 0 Å². The van der Waals surface area contributed by atoms with Gasteiger partial charge in [-0.2, -0.15) is 11.3 Å². The molecule has 0 bridgehead atoms. The molecular formula is C12H10Br2N2OS. The second-order valence-electron chi connectivity index (χ2n) is 3.78. The molecule has 0 radical (unpaired) electrons. The zero-order chi connectivity index (χ0) is 13.3. The number of hydrogen-bond acceptors (Lipinski definition) is 3. The van der Waals surface area contributed by atoms with Crippen LogP contribution >= 0.6 is 43.2 Å². The molecule has 0 aliphatic heterocycles. The van der Waals surface area contributed by atoms with Crippen molar-refractivity contribution in [3.63, 3.8) is 0 Å². The Balaban J connectivity index is 2.31. The van der Waals surface area contributed by atoms with E-state index in [-0.39, 0.29) is 5.91 Å². The number of anilines is 2. The minimum atomic E-state index is -0.125. The lowest BCUT2D eigenvalue weighted by Gasteiger charge is -2.10. The molecule has 3 nitrogen and oxygen atoms in total. The van der Waals surface area contributed by atoms with Crippen LogP contribution in [0.4, 0.5) is 11.4 Å². The molecule has 0 fully saturated rings. The fraction of sp³-hybridized carbons (Fsp3) is 0.0833. The quantitative estimate of drug-likeness (QED) is 0.747. The molecule has 0 unspecified atom stereocenters. The fourth-order valence-electron chi connectivity index (χ4n) is 1.49. The van der Waals surface area contributed by atoms with Crippen LogP contribution in [0.1, 0.15) is 15.9 Å². The second-order valence-corrected chi connectivity index (χ2v) is 6.23. The third-order valence-corrected chi connectivity index (χ3v) is 4.52.